The van der Waals surface area contributed by atoms with Crippen molar-refractivity contribution in [1.29, 1.82) is 5.26 Å². The van der Waals surface area contributed by atoms with Crippen molar-refractivity contribution in [3.8, 4) is 11.8 Å². The molecule has 4 heterocycles. The highest BCUT2D eigenvalue weighted by atomic mass is 31.2. The van der Waals surface area contributed by atoms with Crippen LogP contribution in [0, 0.1) is 11.3 Å². The maximum absolute atomic E-state index is 11.5. The molecule has 5 rings (SSSR count). The smallest absolute Gasteiger partial charge is 0.231 e. The molecule has 11 heteroatoms. The van der Waals surface area contributed by atoms with Crippen molar-refractivity contribution in [2.24, 2.45) is 0 Å². The Balaban J connectivity index is 1.38. The molecule has 2 aliphatic rings. The molecular formula is C22H27N7O3P+. The fourth-order valence-electron chi connectivity index (χ4n) is 4.39. The average Bonchev–Trinajstić information content (AvgIpc) is 3.22. The Labute approximate surface area is 192 Å². The monoisotopic (exact) mass is 468 g/mol. The van der Waals surface area contributed by atoms with Crippen LogP contribution in [0.4, 0.5) is 17.5 Å². The molecule has 0 atom stereocenters. The standard InChI is InChI=1S/C22H27N7O3P/c1-24-20-19-14(10-23)11-25-21(19)28-22(27-20)26-17-4-3-16(9-18(17)31-2)33(30)7-5-29(6-8-33)15-12-32-13-15/h3-4,9,11,15,30H,5-8,12-13H2,1-2H3,(H3,24,25,26,27,28)/q+1. The van der Waals surface area contributed by atoms with Gasteiger partial charge in [0.2, 0.25) is 5.95 Å². The van der Waals surface area contributed by atoms with Crippen molar-refractivity contribution < 1.29 is 14.4 Å². The van der Waals surface area contributed by atoms with E-state index in [-0.39, 0.29) is 0 Å². The molecule has 10 nitrogen and oxygen atoms in total. The van der Waals surface area contributed by atoms with E-state index in [1.54, 1.807) is 20.4 Å². The predicted octanol–water partition coefficient (Wildman–Crippen LogP) is 1.89. The Kier molecular flexibility index (Phi) is 5.81. The number of hydrogen-bond acceptors (Lipinski definition) is 9. The summed E-state index contributed by atoms with van der Waals surface area (Å²) in [6, 6.07) is 8.45. The Morgan fingerprint density at radius 3 is 2.73 bits per heavy atom. The van der Waals surface area contributed by atoms with Gasteiger partial charge >= 0.3 is 0 Å². The molecule has 0 bridgehead atoms. The van der Waals surface area contributed by atoms with E-state index in [0.717, 1.165) is 43.9 Å². The third-order valence-electron chi connectivity index (χ3n) is 6.45. The number of nitrogens with zero attached hydrogens (tertiary/aromatic N) is 4. The van der Waals surface area contributed by atoms with E-state index < -0.39 is 7.49 Å². The first kappa shape index (κ1) is 21.9. The third kappa shape index (κ3) is 3.98. The first-order valence-electron chi connectivity index (χ1n) is 10.9. The lowest BCUT2D eigenvalue weighted by molar-refractivity contribution is -0.0622. The van der Waals surface area contributed by atoms with Gasteiger partial charge in [-0.1, -0.05) is 0 Å². The molecule has 0 unspecified atom stereocenters. The molecule has 2 aliphatic heterocycles. The number of rotatable bonds is 6. The molecule has 0 saturated carbocycles. The van der Waals surface area contributed by atoms with E-state index in [4.69, 9.17) is 9.47 Å². The summed E-state index contributed by atoms with van der Waals surface area (Å²) in [4.78, 5) is 25.9. The third-order valence-corrected chi connectivity index (χ3v) is 9.57. The number of ether oxygens (including phenoxy) is 2. The minimum atomic E-state index is -2.23. The maximum Gasteiger partial charge on any atom is 0.231 e. The molecule has 2 fully saturated rings. The van der Waals surface area contributed by atoms with Gasteiger partial charge in [-0.2, -0.15) is 15.2 Å². The van der Waals surface area contributed by atoms with E-state index in [9.17, 15) is 10.2 Å². The number of nitrogens with one attached hydrogen (secondary N) is 3. The summed E-state index contributed by atoms with van der Waals surface area (Å²) in [5.41, 5.74) is 1.75. The largest absolute Gasteiger partial charge is 0.494 e. The molecule has 3 aromatic rings. The zero-order valence-electron chi connectivity index (χ0n) is 18.6. The van der Waals surface area contributed by atoms with Gasteiger partial charge in [0.15, 0.2) is 7.49 Å². The Morgan fingerprint density at radius 2 is 2.09 bits per heavy atom. The second-order valence-electron chi connectivity index (χ2n) is 8.29. The van der Waals surface area contributed by atoms with Crippen LogP contribution in [0.5, 0.6) is 5.75 Å². The summed E-state index contributed by atoms with van der Waals surface area (Å²) in [5, 5.41) is 17.2. The van der Waals surface area contributed by atoms with E-state index in [1.165, 1.54) is 0 Å². The normalized spacial score (nSPS) is 18.5. The van der Waals surface area contributed by atoms with Crippen molar-refractivity contribution in [2.75, 3.05) is 63.4 Å². The van der Waals surface area contributed by atoms with Crippen molar-refractivity contribution in [3.63, 3.8) is 0 Å². The Bertz CT molecular complexity index is 1210. The number of H-pyrrole nitrogens is 1. The van der Waals surface area contributed by atoms with Crippen LogP contribution in [0.2, 0.25) is 0 Å². The number of anilines is 3. The molecule has 0 spiro atoms. The van der Waals surface area contributed by atoms with Crippen LogP contribution in [-0.4, -0.2) is 83.6 Å². The Morgan fingerprint density at radius 1 is 1.30 bits per heavy atom. The van der Waals surface area contributed by atoms with Crippen LogP contribution in [0.3, 0.4) is 0 Å². The molecular weight excluding hydrogens is 441 g/mol. The van der Waals surface area contributed by atoms with Crippen LogP contribution in [0.25, 0.3) is 11.0 Å². The minimum absolute atomic E-state index is 0.369. The minimum Gasteiger partial charge on any atom is -0.494 e. The molecule has 2 aromatic heterocycles. The van der Waals surface area contributed by atoms with Crippen molar-refractivity contribution >= 4 is 41.3 Å². The van der Waals surface area contributed by atoms with Gasteiger partial charge in [0, 0.05) is 32.4 Å². The first-order valence-corrected chi connectivity index (χ1v) is 13.0. The summed E-state index contributed by atoms with van der Waals surface area (Å²) >= 11 is 0. The maximum atomic E-state index is 11.5. The quantitative estimate of drug-likeness (QED) is 0.401. The lowest BCUT2D eigenvalue weighted by Crippen LogP contribution is -2.53. The molecule has 0 amide bonds. The highest BCUT2D eigenvalue weighted by molar-refractivity contribution is 7.77. The predicted molar refractivity (Wildman–Crippen MR) is 129 cm³/mol. The zero-order chi connectivity index (χ0) is 23.0. The Hall–Kier alpha value is -2.96. The number of hydrogen-bond donors (Lipinski definition) is 4. The van der Waals surface area contributed by atoms with Crippen LogP contribution in [0.1, 0.15) is 5.56 Å². The van der Waals surface area contributed by atoms with Crippen LogP contribution >= 0.6 is 7.49 Å². The van der Waals surface area contributed by atoms with Gasteiger partial charge in [-0.3, -0.25) is 4.90 Å². The molecule has 33 heavy (non-hydrogen) atoms. The van der Waals surface area contributed by atoms with Gasteiger partial charge in [-0.15, -0.1) is 0 Å². The second-order valence-corrected chi connectivity index (χ2v) is 11.5. The highest BCUT2D eigenvalue weighted by Gasteiger charge is 2.44. The van der Waals surface area contributed by atoms with E-state index in [2.05, 4.69) is 36.6 Å². The van der Waals surface area contributed by atoms with E-state index in [0.29, 0.717) is 45.8 Å². The van der Waals surface area contributed by atoms with Crippen LogP contribution in [0.15, 0.2) is 24.4 Å². The van der Waals surface area contributed by atoms with Gasteiger partial charge in [0.25, 0.3) is 0 Å². The van der Waals surface area contributed by atoms with Gasteiger partial charge in [0.1, 0.15) is 40.9 Å². The van der Waals surface area contributed by atoms with E-state index in [1.807, 2.05) is 18.2 Å². The number of fused-ring (bicyclic) bond motifs is 1. The summed E-state index contributed by atoms with van der Waals surface area (Å²) < 4.78 is 11.0. The molecule has 4 N–H and O–H groups in total. The molecule has 0 radical (unpaired) electrons. The lowest BCUT2D eigenvalue weighted by atomic mass is 10.2. The number of benzene rings is 1. The zero-order valence-corrected chi connectivity index (χ0v) is 19.5. The van der Waals surface area contributed by atoms with Crippen LogP contribution in [-0.2, 0) is 4.74 Å². The number of methoxy groups -OCH3 is 1. The average molecular weight is 468 g/mol. The molecule has 0 aliphatic carbocycles. The highest BCUT2D eigenvalue weighted by Crippen LogP contribution is 2.55. The second kappa shape index (κ2) is 8.76. The SMILES string of the molecule is CNc1nc(Nc2ccc([P+]3(O)CCN(C4COC4)CC3)cc2OC)nc2[nH]cc(C#N)c12. The van der Waals surface area contributed by atoms with Crippen LogP contribution < -0.4 is 20.7 Å². The van der Waals surface area contributed by atoms with Gasteiger partial charge in [-0.25, -0.2) is 4.89 Å². The fraction of sp³-hybridized carbons (Fsp3) is 0.409. The lowest BCUT2D eigenvalue weighted by Gasteiger charge is -2.40. The van der Waals surface area contributed by atoms with E-state index >= 15 is 0 Å². The molecule has 2 saturated heterocycles. The molecule has 1 aromatic carbocycles. The number of aromatic amines is 1. The summed E-state index contributed by atoms with van der Waals surface area (Å²) in [5.74, 6) is 1.54. The van der Waals surface area contributed by atoms with Gasteiger partial charge in [-0.05, 0) is 12.1 Å². The molecule has 172 valence electrons. The van der Waals surface area contributed by atoms with Crippen molar-refractivity contribution in [1.82, 2.24) is 19.9 Å². The summed E-state index contributed by atoms with van der Waals surface area (Å²) in [6.07, 6.45) is 3.17. The number of aromatic nitrogens is 3. The van der Waals surface area contributed by atoms with Crippen molar-refractivity contribution in [2.45, 2.75) is 6.04 Å². The summed E-state index contributed by atoms with van der Waals surface area (Å²) in [6.45, 7) is 3.38. The van der Waals surface area contributed by atoms with Gasteiger partial charge < -0.3 is 25.1 Å². The van der Waals surface area contributed by atoms with Crippen molar-refractivity contribution in [3.05, 3.63) is 30.0 Å². The fourth-order valence-corrected chi connectivity index (χ4v) is 7.01. The topological polar surface area (TPSA) is 131 Å². The first-order chi connectivity index (χ1) is 16.0. The number of nitriles is 1. The van der Waals surface area contributed by atoms with Gasteiger partial charge in [0.05, 0.1) is 43.0 Å². The summed E-state index contributed by atoms with van der Waals surface area (Å²) in [7, 11) is 1.13.